The van der Waals surface area contributed by atoms with Gasteiger partial charge in [-0.2, -0.15) is 0 Å². The van der Waals surface area contributed by atoms with E-state index in [4.69, 9.17) is 0 Å². The molecule has 1 aromatic rings. The lowest BCUT2D eigenvalue weighted by Crippen LogP contribution is -2.40. The summed E-state index contributed by atoms with van der Waals surface area (Å²) < 4.78 is 2.07. The summed E-state index contributed by atoms with van der Waals surface area (Å²) in [6, 6.07) is 0. The van der Waals surface area contributed by atoms with Crippen molar-refractivity contribution in [1.82, 2.24) is 14.5 Å². The minimum Gasteiger partial charge on any atom is -0.342 e. The number of aryl methyl sites for hydroxylation is 1. The Kier molecular flexibility index (Phi) is 4.69. The van der Waals surface area contributed by atoms with Crippen molar-refractivity contribution in [3.63, 3.8) is 0 Å². The molecule has 1 unspecified atom stereocenters. The van der Waals surface area contributed by atoms with E-state index >= 15 is 0 Å². The summed E-state index contributed by atoms with van der Waals surface area (Å²) in [5, 5.41) is 0.941. The highest BCUT2D eigenvalue weighted by Gasteiger charge is 2.21. The van der Waals surface area contributed by atoms with E-state index in [1.807, 2.05) is 11.1 Å². The highest BCUT2D eigenvalue weighted by molar-refractivity contribution is 7.99. The van der Waals surface area contributed by atoms with Crippen LogP contribution in [0.1, 0.15) is 26.7 Å². The van der Waals surface area contributed by atoms with Crippen molar-refractivity contribution < 1.29 is 4.79 Å². The topological polar surface area (TPSA) is 38.1 Å². The number of aromatic nitrogens is 2. The highest BCUT2D eigenvalue weighted by atomic mass is 32.2. The van der Waals surface area contributed by atoms with Crippen LogP contribution in [0.5, 0.6) is 0 Å². The van der Waals surface area contributed by atoms with E-state index in [-0.39, 0.29) is 5.91 Å². The summed E-state index contributed by atoms with van der Waals surface area (Å²) in [7, 11) is 0. The van der Waals surface area contributed by atoms with Crippen molar-refractivity contribution >= 4 is 17.7 Å². The molecule has 100 valence electrons. The average Bonchev–Trinajstić information content (AvgIpc) is 2.83. The predicted octanol–water partition coefficient (Wildman–Crippen LogP) is 2.25. The van der Waals surface area contributed by atoms with E-state index in [1.165, 1.54) is 6.42 Å². The number of rotatable bonds is 4. The van der Waals surface area contributed by atoms with Gasteiger partial charge in [0.1, 0.15) is 0 Å². The van der Waals surface area contributed by atoms with Gasteiger partial charge >= 0.3 is 0 Å². The number of hydrogen-bond acceptors (Lipinski definition) is 3. The van der Waals surface area contributed by atoms with Crippen LogP contribution in [-0.4, -0.2) is 39.2 Å². The van der Waals surface area contributed by atoms with Gasteiger partial charge in [-0.1, -0.05) is 18.7 Å². The van der Waals surface area contributed by atoms with Crippen molar-refractivity contribution in [2.75, 3.05) is 18.8 Å². The maximum Gasteiger partial charge on any atom is 0.233 e. The Morgan fingerprint density at radius 2 is 2.44 bits per heavy atom. The number of imidazole rings is 1. The summed E-state index contributed by atoms with van der Waals surface area (Å²) in [5.41, 5.74) is 0. The summed E-state index contributed by atoms with van der Waals surface area (Å²) in [5.74, 6) is 1.39. The number of carbonyl (C=O) groups is 1. The lowest BCUT2D eigenvalue weighted by atomic mass is 10.0. The van der Waals surface area contributed by atoms with E-state index in [0.717, 1.165) is 31.2 Å². The molecule has 1 aromatic heterocycles. The van der Waals surface area contributed by atoms with Gasteiger partial charge in [0.25, 0.3) is 0 Å². The summed E-state index contributed by atoms with van der Waals surface area (Å²) in [6.07, 6.45) is 6.13. The van der Waals surface area contributed by atoms with Gasteiger partial charge in [-0.15, -0.1) is 0 Å². The van der Waals surface area contributed by atoms with E-state index in [0.29, 0.717) is 11.7 Å². The number of carbonyl (C=O) groups excluding carboxylic acids is 1. The van der Waals surface area contributed by atoms with Crippen molar-refractivity contribution in [1.29, 1.82) is 0 Å². The molecule has 1 amide bonds. The average molecular weight is 267 g/mol. The van der Waals surface area contributed by atoms with Gasteiger partial charge in [0, 0.05) is 32.0 Å². The minimum atomic E-state index is 0.247. The molecule has 4 nitrogen and oxygen atoms in total. The van der Waals surface area contributed by atoms with Gasteiger partial charge < -0.3 is 9.47 Å². The molecule has 1 fully saturated rings. The Hall–Kier alpha value is -0.970. The fraction of sp³-hybridized carbons (Fsp3) is 0.692. The molecule has 0 aromatic carbocycles. The lowest BCUT2D eigenvalue weighted by molar-refractivity contribution is -0.130. The molecule has 0 saturated carbocycles. The second kappa shape index (κ2) is 6.27. The summed E-state index contributed by atoms with van der Waals surface area (Å²) in [6.45, 7) is 7.04. The Morgan fingerprint density at radius 1 is 1.61 bits per heavy atom. The molecule has 1 aliphatic heterocycles. The quantitative estimate of drug-likeness (QED) is 0.785. The molecular weight excluding hydrogens is 246 g/mol. The third-order valence-electron chi connectivity index (χ3n) is 3.35. The maximum atomic E-state index is 12.1. The standard InChI is InChI=1S/C13H21N3OS/c1-3-15-8-6-14-13(15)18-10-12(17)16-7-4-5-11(2)9-16/h6,8,11H,3-5,7,9-10H2,1-2H3. The van der Waals surface area contributed by atoms with Crippen LogP contribution in [-0.2, 0) is 11.3 Å². The number of amides is 1. The second-order valence-electron chi connectivity index (χ2n) is 4.87. The first-order valence-corrected chi connectivity index (χ1v) is 7.61. The summed E-state index contributed by atoms with van der Waals surface area (Å²) >= 11 is 1.54. The molecule has 0 N–H and O–H groups in total. The SMILES string of the molecule is CCn1ccnc1SCC(=O)N1CCCC(C)C1. The van der Waals surface area contributed by atoms with Crippen LogP contribution in [0.15, 0.2) is 17.6 Å². The first-order valence-electron chi connectivity index (χ1n) is 6.62. The van der Waals surface area contributed by atoms with Crippen molar-refractivity contribution in [3.8, 4) is 0 Å². The van der Waals surface area contributed by atoms with Crippen LogP contribution in [0.2, 0.25) is 0 Å². The van der Waals surface area contributed by atoms with Crippen LogP contribution in [0.3, 0.4) is 0 Å². The monoisotopic (exact) mass is 267 g/mol. The molecule has 1 aliphatic rings. The van der Waals surface area contributed by atoms with Crippen molar-refractivity contribution in [2.45, 2.75) is 38.4 Å². The Bertz CT molecular complexity index is 405. The third kappa shape index (κ3) is 3.28. The normalized spacial score (nSPS) is 20.1. The Morgan fingerprint density at radius 3 is 3.17 bits per heavy atom. The molecular formula is C13H21N3OS. The van der Waals surface area contributed by atoms with Crippen molar-refractivity contribution in [3.05, 3.63) is 12.4 Å². The largest absolute Gasteiger partial charge is 0.342 e. The number of likely N-dealkylation sites (tertiary alicyclic amines) is 1. The van der Waals surface area contributed by atoms with Crippen molar-refractivity contribution in [2.24, 2.45) is 5.92 Å². The smallest absolute Gasteiger partial charge is 0.233 e. The van der Waals surface area contributed by atoms with E-state index in [9.17, 15) is 4.79 Å². The molecule has 5 heteroatoms. The second-order valence-corrected chi connectivity index (χ2v) is 5.81. The molecule has 2 rings (SSSR count). The van der Waals surface area contributed by atoms with Gasteiger partial charge in [0.2, 0.25) is 5.91 Å². The van der Waals surface area contributed by atoms with Gasteiger partial charge in [-0.3, -0.25) is 4.79 Å². The van der Waals surface area contributed by atoms with Gasteiger partial charge in [-0.25, -0.2) is 4.98 Å². The molecule has 0 radical (unpaired) electrons. The van der Waals surface area contributed by atoms with Crippen LogP contribution in [0.25, 0.3) is 0 Å². The zero-order chi connectivity index (χ0) is 13.0. The maximum absolute atomic E-state index is 12.1. The molecule has 1 atom stereocenters. The fourth-order valence-electron chi connectivity index (χ4n) is 2.31. The van der Waals surface area contributed by atoms with Gasteiger partial charge in [0.05, 0.1) is 5.75 Å². The van der Waals surface area contributed by atoms with Crippen LogP contribution < -0.4 is 0 Å². The number of hydrogen-bond donors (Lipinski definition) is 0. The zero-order valence-corrected chi connectivity index (χ0v) is 11.9. The molecule has 18 heavy (non-hydrogen) atoms. The third-order valence-corrected chi connectivity index (χ3v) is 4.34. The Balaban J connectivity index is 1.84. The fourth-order valence-corrected chi connectivity index (χ4v) is 3.24. The molecule has 0 spiro atoms. The van der Waals surface area contributed by atoms with E-state index in [1.54, 1.807) is 18.0 Å². The predicted molar refractivity (Wildman–Crippen MR) is 73.6 cm³/mol. The minimum absolute atomic E-state index is 0.247. The van der Waals surface area contributed by atoms with Gasteiger partial charge in [-0.05, 0) is 25.7 Å². The molecule has 0 aliphatic carbocycles. The van der Waals surface area contributed by atoms with Crippen LogP contribution >= 0.6 is 11.8 Å². The molecule has 0 bridgehead atoms. The number of piperidine rings is 1. The number of nitrogens with zero attached hydrogens (tertiary/aromatic N) is 3. The van der Waals surface area contributed by atoms with Crippen LogP contribution in [0, 0.1) is 5.92 Å². The first-order chi connectivity index (χ1) is 8.70. The summed E-state index contributed by atoms with van der Waals surface area (Å²) in [4.78, 5) is 18.4. The highest BCUT2D eigenvalue weighted by Crippen LogP contribution is 2.19. The van der Waals surface area contributed by atoms with Gasteiger partial charge in [0.15, 0.2) is 5.16 Å². The molecule has 1 saturated heterocycles. The first kappa shape index (κ1) is 13.5. The number of thioether (sulfide) groups is 1. The Labute approximate surface area is 113 Å². The van der Waals surface area contributed by atoms with E-state index in [2.05, 4.69) is 23.4 Å². The van der Waals surface area contributed by atoms with E-state index < -0.39 is 0 Å². The lowest BCUT2D eigenvalue weighted by Gasteiger charge is -2.30. The van der Waals surface area contributed by atoms with Crippen LogP contribution in [0.4, 0.5) is 0 Å². The zero-order valence-electron chi connectivity index (χ0n) is 11.1. The molecule has 2 heterocycles.